The van der Waals surface area contributed by atoms with Gasteiger partial charge in [-0.2, -0.15) is 0 Å². The van der Waals surface area contributed by atoms with E-state index in [9.17, 15) is 4.39 Å². The van der Waals surface area contributed by atoms with Crippen LogP contribution in [0.4, 0.5) is 4.39 Å². The summed E-state index contributed by atoms with van der Waals surface area (Å²) in [6.07, 6.45) is 3.75. The molecule has 1 aromatic carbocycles. The molecule has 0 aromatic heterocycles. The molecule has 1 aromatic rings. The number of hydrogen-bond acceptors (Lipinski definition) is 1. The van der Waals surface area contributed by atoms with Gasteiger partial charge in [0, 0.05) is 11.5 Å². The normalized spacial score (nSPS) is 37.7. The molecule has 4 rings (SSSR count). The molecule has 0 amide bonds. The largest absolute Gasteiger partial charge is 0.316 e. The summed E-state index contributed by atoms with van der Waals surface area (Å²) in [6, 6.07) is 7.72. The second-order valence-electron chi connectivity index (χ2n) is 4.94. The summed E-state index contributed by atoms with van der Waals surface area (Å²) in [5.41, 5.74) is 1.43. The van der Waals surface area contributed by atoms with Crippen molar-refractivity contribution in [1.29, 1.82) is 0 Å². The average Bonchev–Trinajstić information content (AvgIpc) is 2.76. The van der Waals surface area contributed by atoms with Crippen LogP contribution in [0.1, 0.15) is 24.8 Å². The maximum Gasteiger partial charge on any atom is 0.123 e. The summed E-state index contributed by atoms with van der Waals surface area (Å²) in [7, 11) is 2.02. The third-order valence-corrected chi connectivity index (χ3v) is 4.36. The highest BCUT2D eigenvalue weighted by molar-refractivity contribution is 5.36. The lowest BCUT2D eigenvalue weighted by molar-refractivity contribution is 0.157. The van der Waals surface area contributed by atoms with E-state index in [1.165, 1.54) is 30.9 Å². The van der Waals surface area contributed by atoms with Crippen molar-refractivity contribution in [3.63, 3.8) is 0 Å². The Morgan fingerprint density at radius 2 is 2.33 bits per heavy atom. The van der Waals surface area contributed by atoms with Gasteiger partial charge in [-0.15, -0.1) is 0 Å². The SMILES string of the molecule is CNC1C2CCC1(c1cccc(F)c1)C2. The molecule has 2 bridgehead atoms. The van der Waals surface area contributed by atoms with Crippen molar-refractivity contribution in [2.75, 3.05) is 7.05 Å². The van der Waals surface area contributed by atoms with E-state index in [0.29, 0.717) is 6.04 Å². The van der Waals surface area contributed by atoms with Gasteiger partial charge in [-0.3, -0.25) is 0 Å². The Balaban J connectivity index is 2.00. The molecule has 2 heteroatoms. The van der Waals surface area contributed by atoms with Crippen molar-refractivity contribution in [3.05, 3.63) is 35.6 Å². The Labute approximate surface area is 89.7 Å². The molecule has 0 heterocycles. The molecule has 15 heavy (non-hydrogen) atoms. The fraction of sp³-hybridized carbons (Fsp3) is 0.538. The first-order valence-electron chi connectivity index (χ1n) is 5.69. The highest BCUT2D eigenvalue weighted by Crippen LogP contribution is 2.59. The van der Waals surface area contributed by atoms with Crippen LogP contribution in [-0.4, -0.2) is 13.1 Å². The first-order valence-corrected chi connectivity index (χ1v) is 5.69. The van der Waals surface area contributed by atoms with E-state index in [1.807, 2.05) is 13.1 Å². The maximum atomic E-state index is 13.2. The van der Waals surface area contributed by atoms with E-state index in [2.05, 4.69) is 11.4 Å². The van der Waals surface area contributed by atoms with Gasteiger partial charge in [0.15, 0.2) is 0 Å². The highest BCUT2D eigenvalue weighted by Gasteiger charge is 2.59. The lowest BCUT2D eigenvalue weighted by Gasteiger charge is -2.48. The number of hydrogen-bond donors (Lipinski definition) is 1. The molecule has 3 aliphatic carbocycles. The second-order valence-corrected chi connectivity index (χ2v) is 4.94. The number of benzene rings is 1. The Kier molecular flexibility index (Phi) is 1.90. The molecule has 3 saturated carbocycles. The standard InChI is InChI=1S/C13H16FN/c1-15-12-9-5-6-13(12,8-9)10-3-2-4-11(14)7-10/h2-4,7,9,12,15H,5-6,8H2,1H3. The van der Waals surface area contributed by atoms with E-state index >= 15 is 0 Å². The van der Waals surface area contributed by atoms with Crippen LogP contribution in [0.25, 0.3) is 0 Å². The average molecular weight is 205 g/mol. The monoisotopic (exact) mass is 205 g/mol. The summed E-state index contributed by atoms with van der Waals surface area (Å²) < 4.78 is 13.2. The molecule has 3 aliphatic rings. The molecule has 80 valence electrons. The fourth-order valence-corrected chi connectivity index (χ4v) is 3.72. The van der Waals surface area contributed by atoms with Gasteiger partial charge >= 0.3 is 0 Å². The number of rotatable bonds is 2. The van der Waals surface area contributed by atoms with Crippen LogP contribution >= 0.6 is 0 Å². The minimum absolute atomic E-state index is 0.105. The third-order valence-electron chi connectivity index (χ3n) is 4.36. The van der Waals surface area contributed by atoms with Crippen molar-refractivity contribution < 1.29 is 4.39 Å². The Hall–Kier alpha value is -0.890. The molecule has 1 nitrogen and oxygen atoms in total. The number of halogens is 1. The van der Waals surface area contributed by atoms with Crippen LogP contribution in [0.2, 0.25) is 0 Å². The van der Waals surface area contributed by atoms with Crippen molar-refractivity contribution in [2.45, 2.75) is 30.7 Å². The lowest BCUT2D eigenvalue weighted by atomic mass is 9.61. The first-order chi connectivity index (χ1) is 7.26. The summed E-state index contributed by atoms with van der Waals surface area (Å²) in [5.74, 6) is 0.713. The molecule has 0 radical (unpaired) electrons. The van der Waals surface area contributed by atoms with Crippen molar-refractivity contribution in [3.8, 4) is 0 Å². The zero-order valence-corrected chi connectivity index (χ0v) is 8.96. The van der Waals surface area contributed by atoms with Gasteiger partial charge in [0.25, 0.3) is 0 Å². The molecule has 3 atom stereocenters. The minimum Gasteiger partial charge on any atom is -0.316 e. The number of likely N-dealkylation sites (N-methyl/N-ethyl adjacent to an activating group) is 1. The molecule has 0 spiro atoms. The Morgan fingerprint density at radius 1 is 1.47 bits per heavy atom. The molecular weight excluding hydrogens is 189 g/mol. The smallest absolute Gasteiger partial charge is 0.123 e. The molecule has 0 aliphatic heterocycles. The van der Waals surface area contributed by atoms with Crippen LogP contribution in [0, 0.1) is 11.7 Å². The predicted molar refractivity (Wildman–Crippen MR) is 58.3 cm³/mol. The van der Waals surface area contributed by atoms with E-state index in [-0.39, 0.29) is 11.2 Å². The van der Waals surface area contributed by atoms with Gasteiger partial charge in [-0.05, 0) is 49.9 Å². The molecule has 0 saturated heterocycles. The van der Waals surface area contributed by atoms with Crippen molar-refractivity contribution >= 4 is 0 Å². The maximum absolute atomic E-state index is 13.2. The number of nitrogens with one attached hydrogen (secondary N) is 1. The van der Waals surface area contributed by atoms with Gasteiger partial charge in [0.1, 0.15) is 5.82 Å². The fourth-order valence-electron chi connectivity index (χ4n) is 3.72. The minimum atomic E-state index is -0.105. The summed E-state index contributed by atoms with van der Waals surface area (Å²) in [4.78, 5) is 0. The first kappa shape index (κ1) is 9.34. The van der Waals surface area contributed by atoms with Gasteiger partial charge < -0.3 is 5.32 Å². The predicted octanol–water partition coefficient (Wildman–Crippen LogP) is 2.47. The topological polar surface area (TPSA) is 12.0 Å². The van der Waals surface area contributed by atoms with Crippen molar-refractivity contribution in [1.82, 2.24) is 5.32 Å². The number of fused-ring (bicyclic) bond motifs is 1. The van der Waals surface area contributed by atoms with E-state index in [4.69, 9.17) is 0 Å². The zero-order chi connectivity index (χ0) is 10.5. The zero-order valence-electron chi connectivity index (χ0n) is 8.96. The van der Waals surface area contributed by atoms with Crippen LogP contribution < -0.4 is 5.32 Å². The van der Waals surface area contributed by atoms with Gasteiger partial charge in [0.05, 0.1) is 0 Å². The molecule has 3 fully saturated rings. The van der Waals surface area contributed by atoms with E-state index in [1.54, 1.807) is 6.07 Å². The molecular formula is C13H16FN. The van der Waals surface area contributed by atoms with Crippen molar-refractivity contribution in [2.24, 2.45) is 5.92 Å². The lowest BCUT2D eigenvalue weighted by Crippen LogP contribution is -2.55. The Bertz CT molecular complexity index is 386. The second kappa shape index (κ2) is 3.05. The van der Waals surface area contributed by atoms with Gasteiger partial charge in [-0.25, -0.2) is 4.39 Å². The quantitative estimate of drug-likeness (QED) is 0.782. The van der Waals surface area contributed by atoms with Crippen LogP contribution in [0.3, 0.4) is 0 Å². The third kappa shape index (κ3) is 1.11. The highest BCUT2D eigenvalue weighted by atomic mass is 19.1. The van der Waals surface area contributed by atoms with Crippen LogP contribution in [0.15, 0.2) is 24.3 Å². The van der Waals surface area contributed by atoms with Crippen LogP contribution in [0.5, 0.6) is 0 Å². The van der Waals surface area contributed by atoms with Gasteiger partial charge in [-0.1, -0.05) is 12.1 Å². The summed E-state index contributed by atoms with van der Waals surface area (Å²) in [6.45, 7) is 0. The molecule has 3 unspecified atom stereocenters. The van der Waals surface area contributed by atoms with Crippen LogP contribution in [-0.2, 0) is 5.41 Å². The van der Waals surface area contributed by atoms with E-state index < -0.39 is 0 Å². The Morgan fingerprint density at radius 3 is 3.00 bits per heavy atom. The van der Waals surface area contributed by atoms with Gasteiger partial charge in [0.2, 0.25) is 0 Å². The summed E-state index contributed by atoms with van der Waals surface area (Å²) >= 11 is 0. The van der Waals surface area contributed by atoms with E-state index in [0.717, 1.165) is 5.92 Å². The molecule has 1 N–H and O–H groups in total. The summed E-state index contributed by atoms with van der Waals surface area (Å²) in [5, 5.41) is 3.40.